The van der Waals surface area contributed by atoms with E-state index in [1.54, 1.807) is 0 Å². The minimum atomic E-state index is -0.498. The van der Waals surface area contributed by atoms with E-state index in [4.69, 9.17) is 32.7 Å². The summed E-state index contributed by atoms with van der Waals surface area (Å²) in [5, 5.41) is -0.996. The van der Waals surface area contributed by atoms with Gasteiger partial charge in [0.15, 0.2) is 0 Å². The Balaban J connectivity index is 3.46. The van der Waals surface area contributed by atoms with Crippen LogP contribution in [0.5, 0.6) is 0 Å². The van der Waals surface area contributed by atoms with Gasteiger partial charge in [-0.3, -0.25) is 19.2 Å². The maximum absolute atomic E-state index is 11.1. The molecule has 6 nitrogen and oxygen atoms in total. The topological polar surface area (TPSA) is 86.7 Å². The van der Waals surface area contributed by atoms with Gasteiger partial charge in [-0.05, 0) is 36.0 Å². The summed E-state index contributed by atoms with van der Waals surface area (Å²) in [4.78, 5) is 43.1. The fourth-order valence-electron chi connectivity index (χ4n) is 1.20. The van der Waals surface area contributed by atoms with Crippen LogP contribution < -0.4 is 0 Å². The Hall–Kier alpha value is -1.14. The van der Waals surface area contributed by atoms with Crippen LogP contribution in [0.4, 0.5) is 0 Å². The largest absolute Gasteiger partial charge is 0.462 e. The van der Waals surface area contributed by atoms with E-state index >= 15 is 0 Å². The molecule has 0 aromatic rings. The van der Waals surface area contributed by atoms with E-state index in [1.807, 2.05) is 0 Å². The van der Waals surface area contributed by atoms with Crippen LogP contribution in [0.25, 0.3) is 0 Å². The lowest BCUT2D eigenvalue weighted by molar-refractivity contribution is -0.152. The van der Waals surface area contributed by atoms with Gasteiger partial charge in [-0.25, -0.2) is 0 Å². The van der Waals surface area contributed by atoms with E-state index < -0.39 is 22.4 Å². The number of ether oxygens (including phenoxy) is 2. The van der Waals surface area contributed by atoms with E-state index in [0.717, 1.165) is 0 Å². The molecule has 8 heteroatoms. The molecule has 0 bridgehead atoms. The third-order valence-electron chi connectivity index (χ3n) is 2.12. The number of rotatable bonds is 11. The zero-order valence-corrected chi connectivity index (χ0v) is 12.4. The van der Waals surface area contributed by atoms with Gasteiger partial charge in [-0.15, -0.1) is 0 Å². The molecule has 0 spiro atoms. The third-order valence-corrected chi connectivity index (χ3v) is 2.50. The molecule has 0 aliphatic carbocycles. The molecule has 0 aromatic carbocycles. The van der Waals surface area contributed by atoms with Crippen molar-refractivity contribution in [2.75, 3.05) is 13.2 Å². The maximum atomic E-state index is 11.1. The molecule has 20 heavy (non-hydrogen) atoms. The second-order valence-electron chi connectivity index (χ2n) is 3.86. The quantitative estimate of drug-likeness (QED) is 0.327. The Labute approximate surface area is 126 Å². The van der Waals surface area contributed by atoms with E-state index in [-0.39, 0.29) is 38.9 Å². The van der Waals surface area contributed by atoms with Crippen molar-refractivity contribution < 1.29 is 28.7 Å². The molecular weight excluding hydrogens is 311 g/mol. The standard InChI is InChI=1S/C12H16Cl2O6/c13-9(15)3-1-5-11(17)19-7-8-20-12(18)6-2-4-10(14)16/h1-8H2. The smallest absolute Gasteiger partial charge is 0.305 e. The Morgan fingerprint density at radius 2 is 1.00 bits per heavy atom. The molecular formula is C12H16Cl2O6. The van der Waals surface area contributed by atoms with Gasteiger partial charge in [-0.2, -0.15) is 0 Å². The number of halogens is 2. The second kappa shape index (κ2) is 11.7. The van der Waals surface area contributed by atoms with Gasteiger partial charge in [0.1, 0.15) is 13.2 Å². The van der Waals surface area contributed by atoms with Gasteiger partial charge < -0.3 is 9.47 Å². The molecule has 114 valence electrons. The fourth-order valence-corrected chi connectivity index (χ4v) is 1.47. The van der Waals surface area contributed by atoms with Crippen LogP contribution in [-0.2, 0) is 28.7 Å². The van der Waals surface area contributed by atoms with Crippen LogP contribution in [0.2, 0.25) is 0 Å². The van der Waals surface area contributed by atoms with Gasteiger partial charge in [-0.1, -0.05) is 0 Å². The number of esters is 2. The Kier molecular flexibility index (Phi) is 11.0. The molecule has 0 rings (SSSR count). The molecule has 0 unspecified atom stereocenters. The number of hydrogen-bond donors (Lipinski definition) is 0. The van der Waals surface area contributed by atoms with Crippen molar-refractivity contribution in [3.05, 3.63) is 0 Å². The second-order valence-corrected chi connectivity index (χ2v) is 4.70. The van der Waals surface area contributed by atoms with E-state index in [2.05, 4.69) is 0 Å². The molecule has 0 aliphatic rings. The summed E-state index contributed by atoms with van der Waals surface area (Å²) in [7, 11) is 0. The first kappa shape index (κ1) is 18.9. The van der Waals surface area contributed by atoms with E-state index in [0.29, 0.717) is 12.8 Å². The minimum absolute atomic E-state index is 0.0478. The number of carbonyl (C=O) groups excluding carboxylic acids is 4. The highest BCUT2D eigenvalue weighted by Gasteiger charge is 2.07. The first-order valence-electron chi connectivity index (χ1n) is 6.09. The molecule has 0 saturated carbocycles. The van der Waals surface area contributed by atoms with Gasteiger partial charge in [0.25, 0.3) is 0 Å². The van der Waals surface area contributed by atoms with Crippen LogP contribution in [0.15, 0.2) is 0 Å². The molecule has 0 radical (unpaired) electrons. The molecule has 0 atom stereocenters. The monoisotopic (exact) mass is 326 g/mol. The number of hydrogen-bond acceptors (Lipinski definition) is 6. The zero-order valence-electron chi connectivity index (χ0n) is 10.9. The van der Waals surface area contributed by atoms with Crippen molar-refractivity contribution in [2.24, 2.45) is 0 Å². The normalized spacial score (nSPS) is 9.90. The van der Waals surface area contributed by atoms with Crippen LogP contribution in [0.1, 0.15) is 38.5 Å². The maximum Gasteiger partial charge on any atom is 0.305 e. The first-order valence-corrected chi connectivity index (χ1v) is 6.85. The Bertz CT molecular complexity index is 322. The summed E-state index contributed by atoms with van der Waals surface area (Å²) >= 11 is 10.2. The summed E-state index contributed by atoms with van der Waals surface area (Å²) in [6.45, 7) is -0.0956. The zero-order chi connectivity index (χ0) is 15.4. The molecule has 0 amide bonds. The highest BCUT2D eigenvalue weighted by atomic mass is 35.5. The van der Waals surface area contributed by atoms with Gasteiger partial charge in [0, 0.05) is 25.7 Å². The van der Waals surface area contributed by atoms with Crippen molar-refractivity contribution in [2.45, 2.75) is 38.5 Å². The van der Waals surface area contributed by atoms with Crippen LogP contribution >= 0.6 is 23.2 Å². The lowest BCUT2D eigenvalue weighted by Crippen LogP contribution is -2.14. The van der Waals surface area contributed by atoms with Crippen LogP contribution in [0, 0.1) is 0 Å². The predicted molar refractivity (Wildman–Crippen MR) is 71.3 cm³/mol. The van der Waals surface area contributed by atoms with Crippen molar-refractivity contribution in [1.82, 2.24) is 0 Å². The average molecular weight is 327 g/mol. The van der Waals surface area contributed by atoms with Gasteiger partial charge >= 0.3 is 11.9 Å². The summed E-state index contributed by atoms with van der Waals surface area (Å²) < 4.78 is 9.54. The van der Waals surface area contributed by atoms with Gasteiger partial charge in [0.05, 0.1) is 0 Å². The lowest BCUT2D eigenvalue weighted by atomic mass is 10.2. The molecule has 0 N–H and O–H groups in total. The highest BCUT2D eigenvalue weighted by Crippen LogP contribution is 2.02. The van der Waals surface area contributed by atoms with E-state index in [9.17, 15) is 19.2 Å². The summed E-state index contributed by atoms with van der Waals surface area (Å²) in [5.74, 6) is -0.960. The van der Waals surface area contributed by atoms with Crippen LogP contribution in [-0.4, -0.2) is 35.6 Å². The summed E-state index contributed by atoms with van der Waals surface area (Å²) in [5.41, 5.74) is 0. The molecule has 0 aromatic heterocycles. The molecule has 0 saturated heterocycles. The van der Waals surface area contributed by atoms with E-state index in [1.165, 1.54) is 0 Å². The van der Waals surface area contributed by atoms with Crippen molar-refractivity contribution >= 4 is 45.6 Å². The summed E-state index contributed by atoms with van der Waals surface area (Å²) in [6, 6.07) is 0. The summed E-state index contributed by atoms with van der Waals surface area (Å²) in [6.07, 6.45) is 1.06. The first-order chi connectivity index (χ1) is 9.41. The predicted octanol–water partition coefficient (Wildman–Crippen LogP) is 1.94. The van der Waals surface area contributed by atoms with Crippen molar-refractivity contribution in [3.8, 4) is 0 Å². The number of carbonyl (C=O) groups is 4. The van der Waals surface area contributed by atoms with Crippen molar-refractivity contribution in [3.63, 3.8) is 0 Å². The minimum Gasteiger partial charge on any atom is -0.462 e. The Morgan fingerprint density at radius 3 is 1.30 bits per heavy atom. The molecule has 0 fully saturated rings. The Morgan fingerprint density at radius 1 is 0.650 bits per heavy atom. The lowest BCUT2D eigenvalue weighted by Gasteiger charge is -2.05. The average Bonchev–Trinajstić information content (AvgIpc) is 2.33. The van der Waals surface area contributed by atoms with Crippen LogP contribution in [0.3, 0.4) is 0 Å². The SMILES string of the molecule is O=C(Cl)CCCC(=O)OCCOC(=O)CCCC(=O)Cl. The van der Waals surface area contributed by atoms with Gasteiger partial charge in [0.2, 0.25) is 10.5 Å². The van der Waals surface area contributed by atoms with Crippen molar-refractivity contribution in [1.29, 1.82) is 0 Å². The molecule has 0 aliphatic heterocycles. The molecule has 0 heterocycles. The third kappa shape index (κ3) is 13.3. The fraction of sp³-hybridized carbons (Fsp3) is 0.667. The highest BCUT2D eigenvalue weighted by molar-refractivity contribution is 6.63.